The lowest BCUT2D eigenvalue weighted by atomic mass is 10.1. The maximum atomic E-state index is 3.39. The summed E-state index contributed by atoms with van der Waals surface area (Å²) >= 11 is 0. The molecule has 0 saturated heterocycles. The Kier molecular flexibility index (Phi) is 1.85. The molecule has 0 saturated carbocycles. The molecule has 1 aromatic rings. The molecule has 0 atom stereocenters. The van der Waals surface area contributed by atoms with Crippen molar-refractivity contribution in [2.75, 3.05) is 6.54 Å². The number of nitrogens with one attached hydrogen (secondary N) is 1. The van der Waals surface area contributed by atoms with E-state index in [0.717, 1.165) is 23.5 Å². The molecule has 1 N–H and O–H groups in total. The standard InChI is InChI=1S/C13H11N2/c1-2-8-15-9-6-11(10-12(15)4-1)13-5-3-7-14-13/h1-7,9,14H,8H2. The normalized spacial score (nSPS) is 18.5. The number of hydrogen-bond donors (Lipinski definition) is 1. The van der Waals surface area contributed by atoms with Gasteiger partial charge in [-0.3, -0.25) is 0 Å². The third-order valence-corrected chi connectivity index (χ3v) is 2.57. The van der Waals surface area contributed by atoms with E-state index in [1.54, 1.807) is 0 Å². The molecule has 15 heavy (non-hydrogen) atoms. The van der Waals surface area contributed by atoms with Gasteiger partial charge in [0.25, 0.3) is 0 Å². The molecule has 0 spiro atoms. The molecule has 0 fully saturated rings. The van der Waals surface area contributed by atoms with Gasteiger partial charge in [0, 0.05) is 42.0 Å². The van der Waals surface area contributed by atoms with Crippen LogP contribution in [-0.4, -0.2) is 16.4 Å². The van der Waals surface area contributed by atoms with Gasteiger partial charge in [0.15, 0.2) is 0 Å². The van der Waals surface area contributed by atoms with Crippen LogP contribution in [0.5, 0.6) is 0 Å². The second kappa shape index (κ2) is 3.31. The van der Waals surface area contributed by atoms with E-state index in [-0.39, 0.29) is 0 Å². The minimum absolute atomic E-state index is 0.938. The Labute approximate surface area is 88.9 Å². The van der Waals surface area contributed by atoms with Gasteiger partial charge in [-0.1, -0.05) is 12.2 Å². The van der Waals surface area contributed by atoms with Crippen LogP contribution in [0.1, 0.15) is 5.69 Å². The lowest BCUT2D eigenvalue weighted by molar-refractivity contribution is 0.520. The predicted octanol–water partition coefficient (Wildman–Crippen LogP) is 2.48. The fraction of sp³-hybridized carbons (Fsp3) is 0.0769. The highest BCUT2D eigenvalue weighted by Crippen LogP contribution is 2.24. The predicted molar refractivity (Wildman–Crippen MR) is 60.5 cm³/mol. The van der Waals surface area contributed by atoms with E-state index in [0.29, 0.717) is 0 Å². The number of aromatic nitrogens is 1. The van der Waals surface area contributed by atoms with Crippen molar-refractivity contribution >= 4 is 5.57 Å². The number of fused-ring (bicyclic) bond motifs is 1. The van der Waals surface area contributed by atoms with Crippen molar-refractivity contribution in [1.82, 2.24) is 9.88 Å². The Balaban J connectivity index is 2.00. The minimum Gasteiger partial charge on any atom is -0.361 e. The molecule has 0 bridgehead atoms. The number of nitrogens with zero attached hydrogens (tertiary/aromatic N) is 1. The molecule has 3 heterocycles. The maximum absolute atomic E-state index is 3.39. The molecule has 0 aliphatic carbocycles. The fourth-order valence-electron chi connectivity index (χ4n) is 1.78. The third-order valence-electron chi connectivity index (χ3n) is 2.57. The lowest BCUT2D eigenvalue weighted by Crippen LogP contribution is -2.20. The second-order valence-electron chi connectivity index (χ2n) is 3.57. The summed E-state index contributed by atoms with van der Waals surface area (Å²) in [7, 11) is 0. The van der Waals surface area contributed by atoms with E-state index >= 15 is 0 Å². The first-order valence-corrected chi connectivity index (χ1v) is 5.03. The van der Waals surface area contributed by atoms with Gasteiger partial charge in [-0.05, 0) is 24.3 Å². The summed E-state index contributed by atoms with van der Waals surface area (Å²) in [5.41, 5.74) is 3.35. The smallest absolute Gasteiger partial charge is 0.0496 e. The van der Waals surface area contributed by atoms with Crippen molar-refractivity contribution in [3.8, 4) is 0 Å². The largest absolute Gasteiger partial charge is 0.361 e. The Morgan fingerprint density at radius 1 is 1.40 bits per heavy atom. The molecule has 2 aliphatic heterocycles. The Morgan fingerprint density at radius 3 is 3.27 bits per heavy atom. The summed E-state index contributed by atoms with van der Waals surface area (Å²) in [4.78, 5) is 5.36. The van der Waals surface area contributed by atoms with Crippen LogP contribution in [0.15, 0.2) is 54.5 Å². The Hall–Kier alpha value is -1.96. The van der Waals surface area contributed by atoms with Crippen LogP contribution < -0.4 is 0 Å². The van der Waals surface area contributed by atoms with Gasteiger partial charge in [0.05, 0.1) is 0 Å². The van der Waals surface area contributed by atoms with Crippen molar-refractivity contribution in [3.05, 3.63) is 66.3 Å². The van der Waals surface area contributed by atoms with E-state index in [1.165, 1.54) is 0 Å². The molecule has 0 aromatic carbocycles. The summed E-state index contributed by atoms with van der Waals surface area (Å²) < 4.78 is 0. The number of aromatic amines is 1. The molecule has 2 heteroatoms. The molecule has 2 nitrogen and oxygen atoms in total. The molecular weight excluding hydrogens is 184 g/mol. The van der Waals surface area contributed by atoms with E-state index in [1.807, 2.05) is 12.3 Å². The lowest BCUT2D eigenvalue weighted by Gasteiger charge is -2.25. The van der Waals surface area contributed by atoms with Crippen LogP contribution in [0, 0.1) is 6.08 Å². The molecule has 3 rings (SSSR count). The summed E-state index contributed by atoms with van der Waals surface area (Å²) in [6.07, 6.45) is 15.8. The quantitative estimate of drug-likeness (QED) is 0.729. The van der Waals surface area contributed by atoms with Gasteiger partial charge in [0.1, 0.15) is 0 Å². The van der Waals surface area contributed by atoms with Gasteiger partial charge >= 0.3 is 0 Å². The summed E-state index contributed by atoms with van der Waals surface area (Å²) in [5.74, 6) is 0. The van der Waals surface area contributed by atoms with E-state index in [2.05, 4.69) is 52.5 Å². The highest BCUT2D eigenvalue weighted by Gasteiger charge is 2.12. The van der Waals surface area contributed by atoms with Crippen molar-refractivity contribution in [3.63, 3.8) is 0 Å². The second-order valence-corrected chi connectivity index (χ2v) is 3.57. The Morgan fingerprint density at radius 2 is 2.40 bits per heavy atom. The number of allylic oxidation sites excluding steroid dienone is 5. The Bertz CT molecular complexity index is 473. The number of rotatable bonds is 1. The first-order valence-electron chi connectivity index (χ1n) is 5.03. The molecule has 0 amide bonds. The van der Waals surface area contributed by atoms with Crippen LogP contribution in [0.2, 0.25) is 0 Å². The zero-order valence-corrected chi connectivity index (χ0v) is 8.27. The zero-order chi connectivity index (χ0) is 10.1. The fourth-order valence-corrected chi connectivity index (χ4v) is 1.78. The first kappa shape index (κ1) is 8.36. The molecule has 73 valence electrons. The first-order chi connectivity index (χ1) is 7.43. The van der Waals surface area contributed by atoms with Crippen LogP contribution in [-0.2, 0) is 0 Å². The van der Waals surface area contributed by atoms with E-state index < -0.39 is 0 Å². The zero-order valence-electron chi connectivity index (χ0n) is 8.27. The summed E-state index contributed by atoms with van der Waals surface area (Å²) in [6.45, 7) is 0.938. The topological polar surface area (TPSA) is 19.0 Å². The summed E-state index contributed by atoms with van der Waals surface area (Å²) in [5, 5.41) is 0. The molecule has 1 radical (unpaired) electrons. The van der Waals surface area contributed by atoms with E-state index in [9.17, 15) is 0 Å². The number of hydrogen-bond acceptors (Lipinski definition) is 1. The molecular formula is C13H11N2. The SMILES string of the molecule is [C]1=C(c2ccc[nH]2)C=CN2CC=CC=C12. The van der Waals surface area contributed by atoms with Gasteiger partial charge in [-0.25, -0.2) is 0 Å². The van der Waals surface area contributed by atoms with Crippen molar-refractivity contribution in [2.45, 2.75) is 0 Å². The van der Waals surface area contributed by atoms with Gasteiger partial charge in [0.2, 0.25) is 0 Å². The van der Waals surface area contributed by atoms with Crippen molar-refractivity contribution in [1.29, 1.82) is 0 Å². The van der Waals surface area contributed by atoms with Gasteiger partial charge in [-0.15, -0.1) is 0 Å². The highest BCUT2D eigenvalue weighted by molar-refractivity contribution is 5.73. The number of H-pyrrole nitrogens is 1. The van der Waals surface area contributed by atoms with Crippen LogP contribution in [0.25, 0.3) is 5.57 Å². The molecule has 0 unspecified atom stereocenters. The van der Waals surface area contributed by atoms with Crippen molar-refractivity contribution in [2.24, 2.45) is 0 Å². The highest BCUT2D eigenvalue weighted by atomic mass is 15.1. The monoisotopic (exact) mass is 195 g/mol. The average molecular weight is 195 g/mol. The minimum atomic E-state index is 0.938. The average Bonchev–Trinajstić information content (AvgIpc) is 2.82. The van der Waals surface area contributed by atoms with Gasteiger partial charge in [-0.2, -0.15) is 0 Å². The molecule has 1 aromatic heterocycles. The summed E-state index contributed by atoms with van der Waals surface area (Å²) in [6, 6.07) is 4.06. The van der Waals surface area contributed by atoms with Crippen LogP contribution in [0.3, 0.4) is 0 Å². The van der Waals surface area contributed by atoms with Crippen LogP contribution >= 0.6 is 0 Å². The van der Waals surface area contributed by atoms with Crippen molar-refractivity contribution < 1.29 is 0 Å². The van der Waals surface area contributed by atoms with Crippen LogP contribution in [0.4, 0.5) is 0 Å². The van der Waals surface area contributed by atoms with E-state index in [4.69, 9.17) is 0 Å². The molecule has 2 aliphatic rings. The maximum Gasteiger partial charge on any atom is 0.0496 e. The van der Waals surface area contributed by atoms with Gasteiger partial charge < -0.3 is 9.88 Å². The third kappa shape index (κ3) is 1.44.